The summed E-state index contributed by atoms with van der Waals surface area (Å²) in [6.45, 7) is 5.81. The predicted octanol–water partition coefficient (Wildman–Crippen LogP) is 3.10. The Bertz CT molecular complexity index is 475. The minimum atomic E-state index is 0.902. The van der Waals surface area contributed by atoms with Crippen LogP contribution in [0.2, 0.25) is 0 Å². The zero-order valence-corrected chi connectivity index (χ0v) is 8.64. The van der Waals surface area contributed by atoms with E-state index < -0.39 is 0 Å². The standard InChI is InChI=1S/C13H12N2/c1-3-11-7-9-15-13(10(11)2)12-6-4-5-8-14-12/h3-9H,1H2,2H3. The second-order valence-electron chi connectivity index (χ2n) is 3.29. The van der Waals surface area contributed by atoms with Crippen molar-refractivity contribution in [3.05, 3.63) is 54.4 Å². The molecule has 0 aliphatic rings. The molecule has 0 saturated heterocycles. The van der Waals surface area contributed by atoms with E-state index in [9.17, 15) is 0 Å². The molecule has 0 unspecified atom stereocenters. The smallest absolute Gasteiger partial charge is 0.0921 e. The number of pyridine rings is 2. The summed E-state index contributed by atoms with van der Waals surface area (Å²) in [5, 5.41) is 0. The van der Waals surface area contributed by atoms with Crippen LogP contribution in [0.5, 0.6) is 0 Å². The summed E-state index contributed by atoms with van der Waals surface area (Å²) in [5.41, 5.74) is 4.04. The molecule has 2 aromatic rings. The molecule has 2 heteroatoms. The van der Waals surface area contributed by atoms with E-state index in [0.29, 0.717) is 0 Å². The number of aromatic nitrogens is 2. The molecule has 0 amide bonds. The molecule has 2 nitrogen and oxygen atoms in total. The van der Waals surface area contributed by atoms with Gasteiger partial charge in [-0.3, -0.25) is 9.97 Å². The van der Waals surface area contributed by atoms with E-state index >= 15 is 0 Å². The van der Waals surface area contributed by atoms with E-state index in [4.69, 9.17) is 0 Å². The normalized spacial score (nSPS) is 9.93. The monoisotopic (exact) mass is 196 g/mol. The Hall–Kier alpha value is -1.96. The highest BCUT2D eigenvalue weighted by Crippen LogP contribution is 2.21. The number of rotatable bonds is 2. The van der Waals surface area contributed by atoms with E-state index in [1.54, 1.807) is 12.4 Å². The number of hydrogen-bond donors (Lipinski definition) is 0. The minimum Gasteiger partial charge on any atom is -0.255 e. The highest BCUT2D eigenvalue weighted by molar-refractivity contribution is 5.65. The second kappa shape index (κ2) is 4.05. The van der Waals surface area contributed by atoms with Crippen LogP contribution in [0, 0.1) is 6.92 Å². The SMILES string of the molecule is C=Cc1ccnc(-c2ccccn2)c1C. The van der Waals surface area contributed by atoms with Gasteiger partial charge in [-0.1, -0.05) is 18.7 Å². The lowest BCUT2D eigenvalue weighted by molar-refractivity contribution is 1.21. The van der Waals surface area contributed by atoms with Crippen LogP contribution in [-0.2, 0) is 0 Å². The van der Waals surface area contributed by atoms with Gasteiger partial charge < -0.3 is 0 Å². The first kappa shape index (κ1) is 9.59. The first-order valence-electron chi connectivity index (χ1n) is 4.82. The fourth-order valence-electron chi connectivity index (χ4n) is 1.53. The average molecular weight is 196 g/mol. The fraction of sp³-hybridized carbons (Fsp3) is 0.0769. The summed E-state index contributed by atoms with van der Waals surface area (Å²) in [5.74, 6) is 0. The van der Waals surface area contributed by atoms with Crippen LogP contribution in [0.15, 0.2) is 43.2 Å². The summed E-state index contributed by atoms with van der Waals surface area (Å²) >= 11 is 0. The lowest BCUT2D eigenvalue weighted by Crippen LogP contribution is -1.92. The summed E-state index contributed by atoms with van der Waals surface area (Å²) < 4.78 is 0. The first-order chi connectivity index (χ1) is 7.33. The van der Waals surface area contributed by atoms with Crippen molar-refractivity contribution in [3.8, 4) is 11.4 Å². The molecule has 2 aromatic heterocycles. The molecule has 74 valence electrons. The van der Waals surface area contributed by atoms with E-state index in [1.165, 1.54) is 0 Å². The van der Waals surface area contributed by atoms with Gasteiger partial charge in [-0.25, -0.2) is 0 Å². The fourth-order valence-corrected chi connectivity index (χ4v) is 1.53. The van der Waals surface area contributed by atoms with Gasteiger partial charge in [0.15, 0.2) is 0 Å². The Morgan fingerprint density at radius 2 is 2.00 bits per heavy atom. The number of nitrogens with zero attached hydrogens (tertiary/aromatic N) is 2. The molecule has 0 saturated carbocycles. The van der Waals surface area contributed by atoms with Gasteiger partial charge in [-0.2, -0.15) is 0 Å². The molecule has 0 radical (unpaired) electrons. The first-order valence-corrected chi connectivity index (χ1v) is 4.82. The molecule has 0 aliphatic carbocycles. The van der Waals surface area contributed by atoms with Crippen molar-refractivity contribution in [2.75, 3.05) is 0 Å². The van der Waals surface area contributed by atoms with Gasteiger partial charge in [0, 0.05) is 12.4 Å². The highest BCUT2D eigenvalue weighted by Gasteiger charge is 2.05. The summed E-state index contributed by atoms with van der Waals surface area (Å²) in [4.78, 5) is 8.64. The highest BCUT2D eigenvalue weighted by atomic mass is 14.8. The molecule has 2 heterocycles. The van der Waals surface area contributed by atoms with Crippen molar-refractivity contribution in [1.29, 1.82) is 0 Å². The van der Waals surface area contributed by atoms with Crippen molar-refractivity contribution < 1.29 is 0 Å². The summed E-state index contributed by atoms with van der Waals surface area (Å²) in [7, 11) is 0. The predicted molar refractivity (Wildman–Crippen MR) is 62.3 cm³/mol. The van der Waals surface area contributed by atoms with Crippen LogP contribution in [0.1, 0.15) is 11.1 Å². The lowest BCUT2D eigenvalue weighted by atomic mass is 10.1. The van der Waals surface area contributed by atoms with Gasteiger partial charge >= 0.3 is 0 Å². The van der Waals surface area contributed by atoms with Crippen molar-refractivity contribution in [2.45, 2.75) is 6.92 Å². The molecular weight excluding hydrogens is 184 g/mol. The zero-order chi connectivity index (χ0) is 10.7. The maximum Gasteiger partial charge on any atom is 0.0921 e. The van der Waals surface area contributed by atoms with Gasteiger partial charge in [-0.15, -0.1) is 0 Å². The number of hydrogen-bond acceptors (Lipinski definition) is 2. The minimum absolute atomic E-state index is 0.902. The quantitative estimate of drug-likeness (QED) is 0.737. The third-order valence-electron chi connectivity index (χ3n) is 2.37. The molecule has 0 aliphatic heterocycles. The Labute approximate surface area is 89.3 Å². The van der Waals surface area contributed by atoms with E-state index in [0.717, 1.165) is 22.5 Å². The van der Waals surface area contributed by atoms with Crippen LogP contribution in [0.4, 0.5) is 0 Å². The second-order valence-corrected chi connectivity index (χ2v) is 3.29. The molecule has 0 aromatic carbocycles. The lowest BCUT2D eigenvalue weighted by Gasteiger charge is -2.06. The largest absolute Gasteiger partial charge is 0.255 e. The zero-order valence-electron chi connectivity index (χ0n) is 8.64. The molecule has 0 atom stereocenters. The topological polar surface area (TPSA) is 25.8 Å². The van der Waals surface area contributed by atoms with Crippen LogP contribution >= 0.6 is 0 Å². The van der Waals surface area contributed by atoms with Crippen LogP contribution in [0.25, 0.3) is 17.5 Å². The molecule has 0 fully saturated rings. The van der Waals surface area contributed by atoms with E-state index in [-0.39, 0.29) is 0 Å². The van der Waals surface area contributed by atoms with Gasteiger partial charge in [0.1, 0.15) is 0 Å². The Kier molecular flexibility index (Phi) is 2.59. The Balaban J connectivity index is 2.59. The van der Waals surface area contributed by atoms with Crippen molar-refractivity contribution in [1.82, 2.24) is 9.97 Å². The molecular formula is C13H12N2. The third-order valence-corrected chi connectivity index (χ3v) is 2.37. The summed E-state index contributed by atoms with van der Waals surface area (Å²) in [6, 6.07) is 7.77. The van der Waals surface area contributed by atoms with E-state index in [2.05, 4.69) is 16.5 Å². The molecule has 15 heavy (non-hydrogen) atoms. The van der Waals surface area contributed by atoms with Gasteiger partial charge in [0.25, 0.3) is 0 Å². The molecule has 2 rings (SSSR count). The van der Waals surface area contributed by atoms with Crippen LogP contribution in [0.3, 0.4) is 0 Å². The van der Waals surface area contributed by atoms with Crippen molar-refractivity contribution in [2.24, 2.45) is 0 Å². The van der Waals surface area contributed by atoms with Crippen molar-refractivity contribution >= 4 is 6.08 Å². The maximum atomic E-state index is 4.35. The summed E-state index contributed by atoms with van der Waals surface area (Å²) in [6.07, 6.45) is 5.40. The Morgan fingerprint density at radius 3 is 2.67 bits per heavy atom. The van der Waals surface area contributed by atoms with E-state index in [1.807, 2.05) is 37.3 Å². The molecule has 0 N–H and O–H groups in total. The van der Waals surface area contributed by atoms with Crippen molar-refractivity contribution in [3.63, 3.8) is 0 Å². The third kappa shape index (κ3) is 1.79. The van der Waals surface area contributed by atoms with Gasteiger partial charge in [0.05, 0.1) is 11.4 Å². The van der Waals surface area contributed by atoms with Crippen LogP contribution in [-0.4, -0.2) is 9.97 Å². The average Bonchev–Trinajstić information content (AvgIpc) is 2.30. The van der Waals surface area contributed by atoms with Gasteiger partial charge in [-0.05, 0) is 36.2 Å². The Morgan fingerprint density at radius 1 is 1.13 bits per heavy atom. The van der Waals surface area contributed by atoms with Gasteiger partial charge in [0.2, 0.25) is 0 Å². The maximum absolute atomic E-state index is 4.35. The molecule has 0 bridgehead atoms. The van der Waals surface area contributed by atoms with Crippen LogP contribution < -0.4 is 0 Å². The molecule has 0 spiro atoms.